The molecule has 1 atom stereocenters. The number of nitrogens with one attached hydrogen (secondary N) is 1. The third-order valence-corrected chi connectivity index (χ3v) is 4.20. The molecule has 0 saturated carbocycles. The molecule has 1 aromatic rings. The second-order valence-corrected chi connectivity index (χ2v) is 7.39. The van der Waals surface area contributed by atoms with Gasteiger partial charge in [-0.25, -0.2) is 0 Å². The minimum absolute atomic E-state index is 0.764. The summed E-state index contributed by atoms with van der Waals surface area (Å²) in [5, 5.41) is 3.68. The van der Waals surface area contributed by atoms with Crippen LogP contribution in [0.15, 0.2) is 29.0 Å². The van der Waals surface area contributed by atoms with Gasteiger partial charge in [0.15, 0.2) is 0 Å². The molecule has 1 aliphatic rings. The van der Waals surface area contributed by atoms with Crippen LogP contribution in [-0.4, -0.2) is 42.1 Å². The monoisotopic (exact) mass is 369 g/mol. The highest BCUT2D eigenvalue weighted by Gasteiger charge is 2.21. The second kappa shape index (κ2) is 12.0. The number of rotatable bonds is 7. The molecule has 0 aromatic carbocycles. The zero-order valence-corrected chi connectivity index (χ0v) is 16.0. The van der Waals surface area contributed by atoms with Gasteiger partial charge in [0.2, 0.25) is 0 Å². The minimum atomic E-state index is 0.764. The second-order valence-electron chi connectivity index (χ2n) is 6.47. The van der Waals surface area contributed by atoms with Crippen LogP contribution < -0.4 is 5.32 Å². The molecule has 0 unspecified atom stereocenters. The summed E-state index contributed by atoms with van der Waals surface area (Å²) in [5.41, 5.74) is 0. The predicted octanol–water partition coefficient (Wildman–Crippen LogP) is 4.34. The van der Waals surface area contributed by atoms with E-state index in [0.29, 0.717) is 0 Å². The van der Waals surface area contributed by atoms with E-state index < -0.39 is 0 Å². The van der Waals surface area contributed by atoms with Crippen LogP contribution in [0, 0.1) is 5.92 Å². The lowest BCUT2D eigenvalue weighted by Gasteiger charge is -2.18. The number of nitrogens with zero attached hydrogens (tertiary/aromatic N) is 2. The molecule has 1 fully saturated rings. The van der Waals surface area contributed by atoms with E-state index in [9.17, 15) is 0 Å². The SMILES string of the molecule is Brc1cccnc1.CCCCCN[C@@H]1CCN(CC(C)C)C1. The Kier molecular flexibility index (Phi) is 10.7. The van der Waals surface area contributed by atoms with Crippen molar-refractivity contribution in [1.82, 2.24) is 15.2 Å². The summed E-state index contributed by atoms with van der Waals surface area (Å²) in [6.45, 7) is 11.9. The highest BCUT2D eigenvalue weighted by molar-refractivity contribution is 9.10. The van der Waals surface area contributed by atoms with Gasteiger partial charge in [-0.15, -0.1) is 0 Å². The number of unbranched alkanes of at least 4 members (excludes halogenated alkanes) is 2. The third-order valence-electron chi connectivity index (χ3n) is 3.73. The fraction of sp³-hybridized carbons (Fsp3) is 0.722. The van der Waals surface area contributed by atoms with E-state index in [0.717, 1.165) is 16.4 Å². The maximum Gasteiger partial charge on any atom is 0.0410 e. The molecule has 126 valence electrons. The normalized spacial score (nSPS) is 18.3. The number of pyridine rings is 1. The molecule has 0 aliphatic carbocycles. The lowest BCUT2D eigenvalue weighted by atomic mass is 10.2. The number of halogens is 1. The minimum Gasteiger partial charge on any atom is -0.313 e. The fourth-order valence-electron chi connectivity index (χ4n) is 2.70. The Morgan fingerprint density at radius 1 is 1.41 bits per heavy atom. The maximum absolute atomic E-state index is 3.84. The molecule has 2 heterocycles. The van der Waals surface area contributed by atoms with Gasteiger partial charge in [-0.05, 0) is 59.9 Å². The first kappa shape index (κ1) is 19.6. The molecule has 22 heavy (non-hydrogen) atoms. The summed E-state index contributed by atoms with van der Waals surface area (Å²) >= 11 is 3.25. The zero-order valence-electron chi connectivity index (χ0n) is 14.4. The summed E-state index contributed by atoms with van der Waals surface area (Å²) in [6, 6.07) is 4.58. The maximum atomic E-state index is 3.84. The number of aromatic nitrogens is 1. The summed E-state index contributed by atoms with van der Waals surface area (Å²) in [6.07, 6.45) is 8.88. The van der Waals surface area contributed by atoms with Crippen LogP contribution in [0.5, 0.6) is 0 Å². The summed E-state index contributed by atoms with van der Waals surface area (Å²) in [7, 11) is 0. The summed E-state index contributed by atoms with van der Waals surface area (Å²) < 4.78 is 1.02. The van der Waals surface area contributed by atoms with Crippen LogP contribution in [0.25, 0.3) is 0 Å². The van der Waals surface area contributed by atoms with Crippen LogP contribution in [0.3, 0.4) is 0 Å². The van der Waals surface area contributed by atoms with E-state index >= 15 is 0 Å². The first-order valence-corrected chi connectivity index (χ1v) is 9.42. The van der Waals surface area contributed by atoms with Crippen LogP contribution in [0.1, 0.15) is 46.5 Å². The van der Waals surface area contributed by atoms with Gasteiger partial charge in [0.05, 0.1) is 0 Å². The molecule has 4 heteroatoms. The molecule has 2 rings (SSSR count). The van der Waals surface area contributed by atoms with Gasteiger partial charge in [-0.2, -0.15) is 0 Å². The average molecular weight is 370 g/mol. The average Bonchev–Trinajstić information content (AvgIpc) is 2.92. The zero-order chi connectivity index (χ0) is 16.2. The molecule has 0 bridgehead atoms. The number of hydrogen-bond acceptors (Lipinski definition) is 3. The van der Waals surface area contributed by atoms with Crippen molar-refractivity contribution in [2.45, 2.75) is 52.5 Å². The smallest absolute Gasteiger partial charge is 0.0410 e. The molecule has 1 aromatic heterocycles. The van der Waals surface area contributed by atoms with Crippen molar-refractivity contribution in [3.63, 3.8) is 0 Å². The molecule has 0 amide bonds. The number of likely N-dealkylation sites (tertiary alicyclic amines) is 1. The van der Waals surface area contributed by atoms with Crippen LogP contribution in [0.2, 0.25) is 0 Å². The molecule has 3 nitrogen and oxygen atoms in total. The van der Waals surface area contributed by atoms with Crippen molar-refractivity contribution >= 4 is 15.9 Å². The van der Waals surface area contributed by atoms with Gasteiger partial charge >= 0.3 is 0 Å². The van der Waals surface area contributed by atoms with E-state index in [1.165, 1.54) is 51.9 Å². The van der Waals surface area contributed by atoms with Gasteiger partial charge in [0, 0.05) is 36.0 Å². The van der Waals surface area contributed by atoms with Gasteiger partial charge in [0.1, 0.15) is 0 Å². The van der Waals surface area contributed by atoms with Crippen molar-refractivity contribution in [1.29, 1.82) is 0 Å². The lowest BCUT2D eigenvalue weighted by Crippen LogP contribution is -2.34. The first-order chi connectivity index (χ1) is 10.6. The van der Waals surface area contributed by atoms with Crippen LogP contribution in [-0.2, 0) is 0 Å². The molecule has 0 radical (unpaired) electrons. The quantitative estimate of drug-likeness (QED) is 0.724. The van der Waals surface area contributed by atoms with E-state index in [2.05, 4.69) is 51.9 Å². The van der Waals surface area contributed by atoms with Gasteiger partial charge in [-0.1, -0.05) is 33.6 Å². The van der Waals surface area contributed by atoms with Gasteiger partial charge in [0.25, 0.3) is 0 Å². The van der Waals surface area contributed by atoms with Crippen LogP contribution >= 0.6 is 15.9 Å². The fourth-order valence-corrected chi connectivity index (χ4v) is 2.98. The highest BCUT2D eigenvalue weighted by atomic mass is 79.9. The topological polar surface area (TPSA) is 28.2 Å². The Bertz CT molecular complexity index is 370. The predicted molar refractivity (Wildman–Crippen MR) is 99.1 cm³/mol. The molecular formula is C18H32BrN3. The Hall–Kier alpha value is -0.450. The molecule has 1 N–H and O–H groups in total. The van der Waals surface area contributed by atoms with Crippen molar-refractivity contribution in [3.8, 4) is 0 Å². The molecular weight excluding hydrogens is 338 g/mol. The Morgan fingerprint density at radius 2 is 2.23 bits per heavy atom. The highest BCUT2D eigenvalue weighted by Crippen LogP contribution is 2.11. The Balaban J connectivity index is 0.000000287. The number of hydrogen-bond donors (Lipinski definition) is 1. The Morgan fingerprint density at radius 3 is 2.77 bits per heavy atom. The largest absolute Gasteiger partial charge is 0.313 e. The molecule has 0 spiro atoms. The summed E-state index contributed by atoms with van der Waals surface area (Å²) in [5.74, 6) is 0.809. The van der Waals surface area contributed by atoms with E-state index in [1.54, 1.807) is 12.4 Å². The van der Waals surface area contributed by atoms with Crippen molar-refractivity contribution in [2.75, 3.05) is 26.2 Å². The Labute approximate surface area is 145 Å². The van der Waals surface area contributed by atoms with Crippen molar-refractivity contribution < 1.29 is 0 Å². The molecule has 1 saturated heterocycles. The third kappa shape index (κ3) is 9.54. The van der Waals surface area contributed by atoms with E-state index in [1.807, 2.05) is 12.1 Å². The first-order valence-electron chi connectivity index (χ1n) is 8.63. The van der Waals surface area contributed by atoms with Gasteiger partial charge in [-0.3, -0.25) is 4.98 Å². The molecule has 1 aliphatic heterocycles. The van der Waals surface area contributed by atoms with Crippen molar-refractivity contribution in [2.24, 2.45) is 5.92 Å². The van der Waals surface area contributed by atoms with Gasteiger partial charge < -0.3 is 10.2 Å². The summed E-state index contributed by atoms with van der Waals surface area (Å²) in [4.78, 5) is 6.44. The van der Waals surface area contributed by atoms with E-state index in [4.69, 9.17) is 0 Å². The van der Waals surface area contributed by atoms with Crippen LogP contribution in [0.4, 0.5) is 0 Å². The standard InChI is InChI=1S/C13H28N2.C5H4BrN/c1-4-5-6-8-14-13-7-9-15(11-13)10-12(2)3;6-5-2-1-3-7-4-5/h12-14H,4-11H2,1-3H3;1-4H/t13-;/m1./s1. The van der Waals surface area contributed by atoms with E-state index in [-0.39, 0.29) is 0 Å². The van der Waals surface area contributed by atoms with Crippen molar-refractivity contribution in [3.05, 3.63) is 29.0 Å². The lowest BCUT2D eigenvalue weighted by molar-refractivity contribution is 0.290.